The third-order valence-corrected chi connectivity index (χ3v) is 6.64. The molecule has 2 aromatic heterocycles. The average Bonchev–Trinajstić information content (AvgIpc) is 3.28. The third kappa shape index (κ3) is 4.22. The average molecular weight is 484 g/mol. The minimum Gasteiger partial charge on any atom is -0.325 e. The quantitative estimate of drug-likeness (QED) is 0.285. The Kier molecular flexibility index (Phi) is 5.92. The number of nitrogens with zero attached hydrogens (tertiary/aromatic N) is 4. The zero-order valence-corrected chi connectivity index (χ0v) is 19.8. The van der Waals surface area contributed by atoms with E-state index in [1.807, 2.05) is 48.5 Å². The summed E-state index contributed by atoms with van der Waals surface area (Å²) in [7, 11) is 0. The number of para-hydroxylation sites is 2. The van der Waals surface area contributed by atoms with Crippen molar-refractivity contribution in [3.63, 3.8) is 0 Å². The number of hydrogen-bond acceptors (Lipinski definition) is 6. The highest BCUT2D eigenvalue weighted by Crippen LogP contribution is 2.27. The maximum absolute atomic E-state index is 13.3. The molecule has 0 bridgehead atoms. The van der Waals surface area contributed by atoms with Crippen molar-refractivity contribution in [1.29, 1.82) is 0 Å². The van der Waals surface area contributed by atoms with E-state index in [0.29, 0.717) is 38.8 Å². The Hall–Kier alpha value is -4.24. The fourth-order valence-electron chi connectivity index (χ4n) is 3.84. The molecule has 0 saturated heterocycles. The molecule has 1 amide bonds. The summed E-state index contributed by atoms with van der Waals surface area (Å²) in [5.74, 6) is 0.0482. The van der Waals surface area contributed by atoms with E-state index in [0.717, 1.165) is 0 Å². The van der Waals surface area contributed by atoms with Gasteiger partial charge in [0.1, 0.15) is 0 Å². The van der Waals surface area contributed by atoms with Gasteiger partial charge in [0.2, 0.25) is 11.7 Å². The fraction of sp³-hybridized carbons (Fsp3) is 0.115. The van der Waals surface area contributed by atoms with Gasteiger partial charge in [0.15, 0.2) is 10.9 Å². The minimum absolute atomic E-state index is 0.0743. The van der Waals surface area contributed by atoms with Gasteiger partial charge in [-0.25, -0.2) is 4.57 Å². The van der Waals surface area contributed by atoms with Crippen LogP contribution in [-0.4, -0.2) is 36.1 Å². The first-order valence-electron chi connectivity index (χ1n) is 11.0. The van der Waals surface area contributed by atoms with E-state index in [1.54, 1.807) is 41.7 Å². The lowest BCUT2D eigenvalue weighted by Crippen LogP contribution is -2.23. The van der Waals surface area contributed by atoms with E-state index in [4.69, 9.17) is 0 Å². The molecule has 0 saturated carbocycles. The topological polar surface area (TPSA) is 98.4 Å². The Labute approximate surface area is 204 Å². The number of benzene rings is 3. The molecule has 0 fully saturated rings. The van der Waals surface area contributed by atoms with Crippen molar-refractivity contribution < 1.29 is 9.59 Å². The molecule has 1 atom stereocenters. The normalized spacial score (nSPS) is 12.1. The lowest BCUT2D eigenvalue weighted by Gasteiger charge is -2.13. The van der Waals surface area contributed by atoms with Gasteiger partial charge in [-0.05, 0) is 50.2 Å². The molecule has 5 aromatic rings. The molecule has 35 heavy (non-hydrogen) atoms. The van der Waals surface area contributed by atoms with Crippen LogP contribution >= 0.6 is 11.8 Å². The number of fused-ring (bicyclic) bond motifs is 3. The van der Waals surface area contributed by atoms with Crippen LogP contribution in [0.2, 0.25) is 0 Å². The van der Waals surface area contributed by atoms with Gasteiger partial charge in [-0.1, -0.05) is 54.2 Å². The number of rotatable bonds is 6. The predicted octanol–water partition coefficient (Wildman–Crippen LogP) is 4.36. The second-order valence-electron chi connectivity index (χ2n) is 8.00. The molecule has 0 radical (unpaired) electrons. The molecular weight excluding hydrogens is 462 g/mol. The van der Waals surface area contributed by atoms with E-state index in [2.05, 4.69) is 15.5 Å². The van der Waals surface area contributed by atoms with Crippen LogP contribution in [0, 0.1) is 0 Å². The summed E-state index contributed by atoms with van der Waals surface area (Å²) in [6, 6.07) is 23.3. The smallest absolute Gasteiger partial charge is 0.267 e. The van der Waals surface area contributed by atoms with Crippen molar-refractivity contribution in [2.24, 2.45) is 0 Å². The number of carbonyl (C=O) groups excluding carboxylic acids is 2. The predicted molar refractivity (Wildman–Crippen MR) is 136 cm³/mol. The summed E-state index contributed by atoms with van der Waals surface area (Å²) in [4.78, 5) is 37.9. The molecule has 3 aromatic carbocycles. The molecule has 0 aliphatic carbocycles. The van der Waals surface area contributed by atoms with Gasteiger partial charge in [-0.3, -0.25) is 18.8 Å². The van der Waals surface area contributed by atoms with Crippen LogP contribution in [0.3, 0.4) is 0 Å². The van der Waals surface area contributed by atoms with Gasteiger partial charge in [0, 0.05) is 11.3 Å². The molecule has 1 N–H and O–H groups in total. The molecule has 0 aliphatic rings. The zero-order chi connectivity index (χ0) is 24.5. The van der Waals surface area contributed by atoms with Crippen molar-refractivity contribution in [3.8, 4) is 5.69 Å². The molecule has 1 unspecified atom stereocenters. The summed E-state index contributed by atoms with van der Waals surface area (Å²) < 4.78 is 3.33. The van der Waals surface area contributed by atoms with Crippen molar-refractivity contribution in [1.82, 2.24) is 19.2 Å². The van der Waals surface area contributed by atoms with Crippen molar-refractivity contribution in [2.45, 2.75) is 24.3 Å². The van der Waals surface area contributed by atoms with Crippen LogP contribution in [0.25, 0.3) is 22.4 Å². The third-order valence-electron chi connectivity index (χ3n) is 5.60. The van der Waals surface area contributed by atoms with Crippen LogP contribution in [-0.2, 0) is 4.79 Å². The lowest BCUT2D eigenvalue weighted by atomic mass is 10.1. The van der Waals surface area contributed by atoms with Gasteiger partial charge in [0.25, 0.3) is 5.56 Å². The molecule has 0 spiro atoms. The maximum Gasteiger partial charge on any atom is 0.267 e. The van der Waals surface area contributed by atoms with Gasteiger partial charge >= 0.3 is 0 Å². The number of thioether (sulfide) groups is 1. The number of carbonyl (C=O) groups is 2. The number of anilines is 1. The van der Waals surface area contributed by atoms with Crippen LogP contribution in [0.4, 0.5) is 5.69 Å². The largest absolute Gasteiger partial charge is 0.325 e. The zero-order valence-electron chi connectivity index (χ0n) is 19.0. The standard InChI is InChI=1S/C26H21N5O3S/c1-16(32)18-9-8-10-19(15-18)27-23(33)17(2)35-26-29-28-25-30(20-11-4-3-5-12-20)24(34)21-13-6-7-14-22(21)31(25)26/h3-15,17H,1-2H3,(H,27,33). The van der Waals surface area contributed by atoms with E-state index in [9.17, 15) is 14.4 Å². The highest BCUT2D eigenvalue weighted by Gasteiger charge is 2.22. The Bertz CT molecular complexity index is 1640. The van der Waals surface area contributed by atoms with E-state index in [1.165, 1.54) is 23.3 Å². The first-order chi connectivity index (χ1) is 16.9. The second-order valence-corrected chi connectivity index (χ2v) is 9.31. The van der Waals surface area contributed by atoms with Gasteiger partial charge in [-0.15, -0.1) is 10.2 Å². The number of Topliss-reactive ketones (excluding diaryl/α,β-unsaturated/α-hetero) is 1. The SMILES string of the molecule is CC(=O)c1cccc(NC(=O)C(C)Sc2nnc3n(-c4ccccc4)c(=O)c4ccccc4n23)c1. The Balaban J connectivity index is 1.54. The monoisotopic (exact) mass is 483 g/mol. The van der Waals surface area contributed by atoms with Crippen molar-refractivity contribution in [2.75, 3.05) is 5.32 Å². The second kappa shape index (κ2) is 9.19. The molecule has 2 heterocycles. The number of ketones is 1. The Morgan fingerprint density at radius 1 is 0.943 bits per heavy atom. The number of amides is 1. The summed E-state index contributed by atoms with van der Waals surface area (Å²) in [6.07, 6.45) is 0. The first-order valence-corrected chi connectivity index (χ1v) is 11.8. The summed E-state index contributed by atoms with van der Waals surface area (Å²) >= 11 is 1.24. The molecule has 8 nitrogen and oxygen atoms in total. The fourth-order valence-corrected chi connectivity index (χ4v) is 4.69. The molecule has 5 rings (SSSR count). The van der Waals surface area contributed by atoms with E-state index in [-0.39, 0.29) is 17.2 Å². The molecule has 174 valence electrons. The molecule has 9 heteroatoms. The lowest BCUT2D eigenvalue weighted by molar-refractivity contribution is -0.115. The first kappa shape index (κ1) is 22.5. The molecular formula is C26H21N5O3S. The van der Waals surface area contributed by atoms with Gasteiger partial charge in [0.05, 0.1) is 21.8 Å². The van der Waals surface area contributed by atoms with Crippen LogP contribution in [0.15, 0.2) is 88.8 Å². The van der Waals surface area contributed by atoms with E-state index >= 15 is 0 Å². The summed E-state index contributed by atoms with van der Waals surface area (Å²) in [5, 5.41) is 12.0. The van der Waals surface area contributed by atoms with Gasteiger partial charge < -0.3 is 5.32 Å². The highest BCUT2D eigenvalue weighted by molar-refractivity contribution is 8.00. The molecule has 0 aliphatic heterocycles. The van der Waals surface area contributed by atoms with E-state index < -0.39 is 5.25 Å². The van der Waals surface area contributed by atoms with Crippen LogP contribution < -0.4 is 10.9 Å². The van der Waals surface area contributed by atoms with Crippen LogP contribution in [0.5, 0.6) is 0 Å². The number of nitrogens with one attached hydrogen (secondary N) is 1. The van der Waals surface area contributed by atoms with Gasteiger partial charge in [-0.2, -0.15) is 0 Å². The summed E-state index contributed by atoms with van der Waals surface area (Å²) in [5.41, 5.74) is 2.21. The van der Waals surface area contributed by atoms with Crippen LogP contribution in [0.1, 0.15) is 24.2 Å². The summed E-state index contributed by atoms with van der Waals surface area (Å²) in [6.45, 7) is 3.25. The Morgan fingerprint density at radius 2 is 1.69 bits per heavy atom. The number of hydrogen-bond donors (Lipinski definition) is 1. The van der Waals surface area contributed by atoms with Crippen molar-refractivity contribution in [3.05, 3.63) is 94.8 Å². The Morgan fingerprint density at radius 3 is 2.46 bits per heavy atom. The minimum atomic E-state index is -0.528. The highest BCUT2D eigenvalue weighted by atomic mass is 32.2. The van der Waals surface area contributed by atoms with Crippen molar-refractivity contribution >= 4 is 45.8 Å². The maximum atomic E-state index is 13.3. The number of aromatic nitrogens is 4.